The zero-order valence-electron chi connectivity index (χ0n) is 4.14. The van der Waals surface area contributed by atoms with Crippen molar-refractivity contribution in [3.8, 4) is 0 Å². The monoisotopic (exact) mass is 198 g/mol. The van der Waals surface area contributed by atoms with Gasteiger partial charge in [-0.1, -0.05) is 0 Å². The number of rotatable bonds is 0. The van der Waals surface area contributed by atoms with Gasteiger partial charge in [-0.2, -0.15) is 0 Å². The molecule has 1 saturated heterocycles. The van der Waals surface area contributed by atoms with Gasteiger partial charge in [-0.25, -0.2) is 0 Å². The first-order valence-corrected chi connectivity index (χ1v) is 2.08. The van der Waals surface area contributed by atoms with Gasteiger partial charge in [0.05, 0.1) is 0 Å². The topological polar surface area (TPSA) is 9.23 Å². The summed E-state index contributed by atoms with van der Waals surface area (Å²) < 4.78 is 4.94. The number of hydrogen-bond acceptors (Lipinski definition) is 1. The van der Waals surface area contributed by atoms with Gasteiger partial charge >= 0.3 is 0 Å². The van der Waals surface area contributed by atoms with Gasteiger partial charge in [0, 0.05) is 39.4 Å². The van der Waals surface area contributed by atoms with Crippen LogP contribution in [-0.2, 0) is 30.9 Å². The van der Waals surface area contributed by atoms with Crippen molar-refractivity contribution >= 4 is 12.4 Å². The van der Waals surface area contributed by atoms with Crippen LogP contribution in [0.1, 0.15) is 12.8 Å². The Morgan fingerprint density at radius 2 is 1.43 bits per heavy atom. The smallest absolute Gasteiger partial charge is 0.0466 e. The van der Waals surface area contributed by atoms with Crippen LogP contribution in [0.25, 0.3) is 0 Å². The van der Waals surface area contributed by atoms with Crippen LogP contribution in [0, 0.1) is 0 Å². The van der Waals surface area contributed by atoms with E-state index < -0.39 is 0 Å². The van der Waals surface area contributed by atoms with Crippen molar-refractivity contribution in [3.05, 3.63) is 0 Å². The van der Waals surface area contributed by atoms with Gasteiger partial charge in [0.15, 0.2) is 0 Å². The van der Waals surface area contributed by atoms with Crippen LogP contribution < -0.4 is 0 Å². The van der Waals surface area contributed by atoms with E-state index in [2.05, 4.69) is 0 Å². The SMILES string of the molecule is C1CCOC1.Cl.[Zr]. The van der Waals surface area contributed by atoms with Gasteiger partial charge in [-0.15, -0.1) is 12.4 Å². The van der Waals surface area contributed by atoms with Crippen LogP contribution in [0.4, 0.5) is 0 Å². The van der Waals surface area contributed by atoms with Crippen LogP contribution in [-0.4, -0.2) is 13.2 Å². The molecular formula is C4H9ClOZr. The molecule has 0 aromatic rings. The van der Waals surface area contributed by atoms with E-state index in [4.69, 9.17) is 4.74 Å². The molecule has 1 nitrogen and oxygen atoms in total. The van der Waals surface area contributed by atoms with Crippen molar-refractivity contribution in [1.29, 1.82) is 0 Å². The van der Waals surface area contributed by atoms with Crippen molar-refractivity contribution in [3.63, 3.8) is 0 Å². The summed E-state index contributed by atoms with van der Waals surface area (Å²) in [4.78, 5) is 0. The summed E-state index contributed by atoms with van der Waals surface area (Å²) in [6.45, 7) is 2.00. The Morgan fingerprint density at radius 3 is 1.57 bits per heavy atom. The summed E-state index contributed by atoms with van der Waals surface area (Å²) in [5.41, 5.74) is 0. The zero-order valence-corrected chi connectivity index (χ0v) is 7.42. The minimum absolute atomic E-state index is 0. The van der Waals surface area contributed by atoms with Crippen molar-refractivity contribution in [1.82, 2.24) is 0 Å². The Labute approximate surface area is 69.3 Å². The molecule has 0 saturated carbocycles. The Bertz CT molecular complexity index is 23.3. The molecule has 0 atom stereocenters. The van der Waals surface area contributed by atoms with Gasteiger partial charge in [0.2, 0.25) is 0 Å². The number of hydrogen-bond donors (Lipinski definition) is 0. The van der Waals surface area contributed by atoms with E-state index in [1.165, 1.54) is 12.8 Å². The van der Waals surface area contributed by atoms with Crippen molar-refractivity contribution in [2.75, 3.05) is 13.2 Å². The minimum Gasteiger partial charge on any atom is -0.381 e. The van der Waals surface area contributed by atoms with Crippen molar-refractivity contribution < 1.29 is 30.9 Å². The third kappa shape index (κ3) is 5.00. The molecule has 0 N–H and O–H groups in total. The van der Waals surface area contributed by atoms with Crippen LogP contribution in [0.5, 0.6) is 0 Å². The predicted molar refractivity (Wildman–Crippen MR) is 27.3 cm³/mol. The van der Waals surface area contributed by atoms with Gasteiger partial charge < -0.3 is 4.74 Å². The Morgan fingerprint density at radius 1 is 1.00 bits per heavy atom. The molecule has 3 heteroatoms. The summed E-state index contributed by atoms with van der Waals surface area (Å²) in [7, 11) is 0. The van der Waals surface area contributed by atoms with E-state index in [-0.39, 0.29) is 38.6 Å². The normalized spacial score (nSPS) is 17.1. The molecule has 0 aliphatic carbocycles. The van der Waals surface area contributed by atoms with Crippen molar-refractivity contribution in [2.24, 2.45) is 0 Å². The molecule has 0 aromatic carbocycles. The minimum atomic E-state index is 0. The molecule has 1 fully saturated rings. The van der Waals surface area contributed by atoms with Crippen LogP contribution in [0.15, 0.2) is 0 Å². The van der Waals surface area contributed by atoms with Crippen LogP contribution in [0.2, 0.25) is 0 Å². The summed E-state index contributed by atoms with van der Waals surface area (Å²) >= 11 is 0. The second kappa shape index (κ2) is 7.13. The van der Waals surface area contributed by atoms with E-state index in [1.54, 1.807) is 0 Å². The summed E-state index contributed by atoms with van der Waals surface area (Å²) in [6, 6.07) is 0. The molecule has 0 aromatic heterocycles. The average molecular weight is 200 g/mol. The third-order valence-corrected chi connectivity index (χ3v) is 0.827. The summed E-state index contributed by atoms with van der Waals surface area (Å²) in [5, 5.41) is 0. The number of ether oxygens (including phenoxy) is 1. The fourth-order valence-electron chi connectivity index (χ4n) is 0.510. The zero-order chi connectivity index (χ0) is 3.54. The Balaban J connectivity index is 0. The van der Waals surface area contributed by atoms with Gasteiger partial charge in [0.1, 0.15) is 0 Å². The second-order valence-corrected chi connectivity index (χ2v) is 1.32. The van der Waals surface area contributed by atoms with E-state index in [1.807, 2.05) is 0 Å². The average Bonchev–Trinajstić information content (AvgIpc) is 1.76. The molecule has 1 aliphatic rings. The maximum absolute atomic E-state index is 4.94. The molecule has 0 radical (unpaired) electrons. The molecular weight excluding hydrogens is 191 g/mol. The van der Waals surface area contributed by atoms with Gasteiger partial charge in [0.25, 0.3) is 0 Å². The quantitative estimate of drug-likeness (QED) is 0.570. The van der Waals surface area contributed by atoms with Gasteiger partial charge in [-0.3, -0.25) is 0 Å². The molecule has 1 heterocycles. The molecule has 0 amide bonds. The fraction of sp³-hybridized carbons (Fsp3) is 1.00. The van der Waals surface area contributed by atoms with Crippen LogP contribution >= 0.6 is 12.4 Å². The fourth-order valence-corrected chi connectivity index (χ4v) is 0.510. The van der Waals surface area contributed by atoms with Crippen molar-refractivity contribution in [2.45, 2.75) is 12.8 Å². The largest absolute Gasteiger partial charge is 0.381 e. The molecule has 0 spiro atoms. The first-order chi connectivity index (χ1) is 2.50. The first-order valence-electron chi connectivity index (χ1n) is 2.08. The molecule has 1 rings (SSSR count). The van der Waals surface area contributed by atoms with E-state index in [0.717, 1.165) is 13.2 Å². The van der Waals surface area contributed by atoms with Gasteiger partial charge in [-0.05, 0) is 12.8 Å². The molecule has 7 heavy (non-hydrogen) atoms. The molecule has 0 unspecified atom stereocenters. The van der Waals surface area contributed by atoms with Crippen LogP contribution in [0.3, 0.4) is 0 Å². The molecule has 42 valence electrons. The standard InChI is InChI=1S/C4H8O.ClH.Zr/c1-2-4-5-3-1;;/h1-4H2;1H;. The summed E-state index contributed by atoms with van der Waals surface area (Å²) in [6.07, 6.45) is 2.56. The second-order valence-electron chi connectivity index (χ2n) is 1.32. The molecule has 0 bridgehead atoms. The Hall–Kier alpha value is 1.13. The van der Waals surface area contributed by atoms with E-state index in [0.29, 0.717) is 0 Å². The summed E-state index contributed by atoms with van der Waals surface area (Å²) in [5.74, 6) is 0. The number of halogens is 1. The maximum atomic E-state index is 4.94. The van der Waals surface area contributed by atoms with E-state index >= 15 is 0 Å². The van der Waals surface area contributed by atoms with E-state index in [9.17, 15) is 0 Å². The molecule has 1 aliphatic heterocycles. The Kier molecular flexibility index (Phi) is 11.2. The predicted octanol–water partition coefficient (Wildman–Crippen LogP) is 1.22. The maximum Gasteiger partial charge on any atom is 0.0466 e. The first kappa shape index (κ1) is 11.0. The third-order valence-electron chi connectivity index (χ3n) is 0.827.